The first kappa shape index (κ1) is 13.5. The molecule has 1 atom stereocenters. The van der Waals surface area contributed by atoms with Crippen molar-refractivity contribution < 1.29 is 9.00 Å². The predicted octanol–water partition coefficient (Wildman–Crippen LogP) is 3.03. The van der Waals surface area contributed by atoms with Crippen LogP contribution in [0.3, 0.4) is 0 Å². The van der Waals surface area contributed by atoms with Gasteiger partial charge in [0.1, 0.15) is 0 Å². The monoisotopic (exact) mass is 273 g/mol. The molecule has 2 aromatic rings. The molecule has 2 aromatic carbocycles. The Morgan fingerprint density at radius 3 is 2.05 bits per heavy atom. The zero-order valence-corrected chi connectivity index (χ0v) is 11.5. The van der Waals surface area contributed by atoms with Crippen LogP contribution in [0, 0.1) is 0 Å². The summed E-state index contributed by atoms with van der Waals surface area (Å²) in [6.07, 6.45) is 0. The lowest BCUT2D eigenvalue weighted by atomic mass is 10.2. The van der Waals surface area contributed by atoms with Gasteiger partial charge in [0.2, 0.25) is 0 Å². The van der Waals surface area contributed by atoms with Crippen molar-refractivity contribution in [3.8, 4) is 0 Å². The fraction of sp³-hybridized carbons (Fsp3) is 0.133. The van der Waals surface area contributed by atoms with E-state index in [0.29, 0.717) is 10.5 Å². The molecule has 0 aliphatic carbocycles. The molecule has 0 amide bonds. The average Bonchev–Trinajstić information content (AvgIpc) is 2.49. The van der Waals surface area contributed by atoms with Gasteiger partial charge in [0, 0.05) is 17.5 Å². The minimum Gasteiger partial charge on any atom is -0.293 e. The number of carbonyl (C=O) groups is 1. The van der Waals surface area contributed by atoms with Crippen LogP contribution in [0.25, 0.3) is 0 Å². The van der Waals surface area contributed by atoms with Crippen molar-refractivity contribution in [2.45, 2.75) is 4.90 Å². The van der Waals surface area contributed by atoms with E-state index in [1.165, 1.54) is 7.05 Å². The van der Waals surface area contributed by atoms with Gasteiger partial charge in [-0.2, -0.15) is 0 Å². The molecule has 3 nitrogen and oxygen atoms in total. The summed E-state index contributed by atoms with van der Waals surface area (Å²) < 4.78 is 16.7. The van der Waals surface area contributed by atoms with E-state index >= 15 is 0 Å². The molecular weight excluding hydrogens is 258 g/mol. The zero-order valence-electron chi connectivity index (χ0n) is 10.7. The third kappa shape index (κ3) is 3.09. The molecule has 19 heavy (non-hydrogen) atoms. The van der Waals surface area contributed by atoms with Gasteiger partial charge in [0.05, 0.1) is 15.5 Å². The van der Waals surface area contributed by atoms with Crippen LogP contribution in [0.5, 0.6) is 0 Å². The fourth-order valence-electron chi connectivity index (χ4n) is 1.77. The van der Waals surface area contributed by atoms with E-state index in [9.17, 15) is 9.00 Å². The molecule has 4 heteroatoms. The van der Waals surface area contributed by atoms with E-state index in [1.807, 2.05) is 12.1 Å². The van der Waals surface area contributed by atoms with Crippen molar-refractivity contribution in [2.24, 2.45) is 4.36 Å². The maximum absolute atomic E-state index is 12.8. The maximum atomic E-state index is 12.8. The second-order valence-corrected chi connectivity index (χ2v) is 6.48. The summed E-state index contributed by atoms with van der Waals surface area (Å²) >= 11 is 0. The Hall–Kier alpha value is -1.94. The van der Waals surface area contributed by atoms with Gasteiger partial charge in [0.25, 0.3) is 0 Å². The quantitative estimate of drug-likeness (QED) is 0.804. The Kier molecular flexibility index (Phi) is 4.12. The molecule has 2 rings (SSSR count). The number of hydrogen-bond acceptors (Lipinski definition) is 3. The molecule has 0 spiro atoms. The van der Waals surface area contributed by atoms with Crippen LogP contribution in [0.4, 0.5) is 0 Å². The highest BCUT2D eigenvalue weighted by Crippen LogP contribution is 2.15. The van der Waals surface area contributed by atoms with Gasteiger partial charge in [-0.05, 0) is 12.1 Å². The first-order valence-corrected chi connectivity index (χ1v) is 7.60. The van der Waals surface area contributed by atoms with Gasteiger partial charge in [-0.15, -0.1) is 0 Å². The molecule has 0 aliphatic heterocycles. The number of hydrogen-bond donors (Lipinski definition) is 0. The topological polar surface area (TPSA) is 46.5 Å². The molecular formula is C15H15NO2S. The number of carbonyl (C=O) groups excluding carboxylic acids is 1. The van der Waals surface area contributed by atoms with Gasteiger partial charge in [-0.25, -0.2) is 8.57 Å². The smallest absolute Gasteiger partial charge is 0.176 e. The van der Waals surface area contributed by atoms with E-state index in [-0.39, 0.29) is 11.5 Å². The largest absolute Gasteiger partial charge is 0.293 e. The Balaban J connectivity index is 2.31. The molecule has 0 heterocycles. The van der Waals surface area contributed by atoms with Gasteiger partial charge in [-0.3, -0.25) is 4.79 Å². The van der Waals surface area contributed by atoms with E-state index in [4.69, 9.17) is 0 Å². The molecule has 0 saturated carbocycles. The van der Waals surface area contributed by atoms with Crippen LogP contribution in [0.2, 0.25) is 0 Å². The number of benzene rings is 2. The Labute approximate surface area is 113 Å². The van der Waals surface area contributed by atoms with Crippen LogP contribution in [-0.2, 0) is 9.73 Å². The van der Waals surface area contributed by atoms with Crippen molar-refractivity contribution >= 4 is 15.5 Å². The summed E-state index contributed by atoms with van der Waals surface area (Å²) in [7, 11) is -1.18. The lowest BCUT2D eigenvalue weighted by Gasteiger charge is -2.08. The Morgan fingerprint density at radius 1 is 1.00 bits per heavy atom. The van der Waals surface area contributed by atoms with Crippen molar-refractivity contribution in [1.29, 1.82) is 0 Å². The molecule has 0 radical (unpaired) electrons. The van der Waals surface area contributed by atoms with Gasteiger partial charge in [0.15, 0.2) is 5.78 Å². The average molecular weight is 273 g/mol. The third-order valence-corrected chi connectivity index (χ3v) is 5.08. The zero-order chi connectivity index (χ0) is 13.7. The normalized spacial score (nSPS) is 13.5. The Morgan fingerprint density at radius 2 is 1.53 bits per heavy atom. The highest BCUT2D eigenvalue weighted by Gasteiger charge is 2.17. The molecule has 0 fully saturated rings. The van der Waals surface area contributed by atoms with E-state index in [0.717, 1.165) is 0 Å². The molecule has 98 valence electrons. The van der Waals surface area contributed by atoms with Crippen molar-refractivity contribution in [3.05, 3.63) is 66.2 Å². The van der Waals surface area contributed by atoms with Gasteiger partial charge in [-0.1, -0.05) is 48.5 Å². The number of rotatable bonds is 4. The van der Waals surface area contributed by atoms with Crippen LogP contribution in [-0.4, -0.2) is 22.8 Å². The lowest BCUT2D eigenvalue weighted by molar-refractivity contribution is 0.102. The summed E-state index contributed by atoms with van der Waals surface area (Å²) in [4.78, 5) is 12.8. The SMILES string of the molecule is CN=S(=O)(CC(=O)c1ccccc1)c1ccccc1. The second kappa shape index (κ2) is 5.80. The fourth-order valence-corrected chi connectivity index (χ4v) is 3.38. The molecule has 0 bridgehead atoms. The first-order chi connectivity index (χ1) is 9.15. The first-order valence-electron chi connectivity index (χ1n) is 5.92. The number of nitrogens with zero attached hydrogens (tertiary/aromatic N) is 1. The lowest BCUT2D eigenvalue weighted by Crippen LogP contribution is -2.16. The summed E-state index contributed by atoms with van der Waals surface area (Å²) in [6.45, 7) is 0. The van der Waals surface area contributed by atoms with E-state index < -0.39 is 9.73 Å². The van der Waals surface area contributed by atoms with Crippen LogP contribution in [0.15, 0.2) is 69.9 Å². The maximum Gasteiger partial charge on any atom is 0.176 e. The van der Waals surface area contributed by atoms with Crippen molar-refractivity contribution in [1.82, 2.24) is 0 Å². The predicted molar refractivity (Wildman–Crippen MR) is 76.8 cm³/mol. The molecule has 0 N–H and O–H groups in total. The minimum absolute atomic E-state index is 0.0858. The van der Waals surface area contributed by atoms with E-state index in [1.54, 1.807) is 48.5 Å². The van der Waals surface area contributed by atoms with Crippen molar-refractivity contribution in [2.75, 3.05) is 12.8 Å². The summed E-state index contributed by atoms with van der Waals surface area (Å²) in [5, 5.41) is 0. The second-order valence-electron chi connectivity index (χ2n) is 4.07. The summed E-state index contributed by atoms with van der Waals surface area (Å²) in [5.74, 6) is -0.239. The van der Waals surface area contributed by atoms with Crippen molar-refractivity contribution in [3.63, 3.8) is 0 Å². The van der Waals surface area contributed by atoms with Gasteiger partial charge >= 0.3 is 0 Å². The summed E-state index contributed by atoms with van der Waals surface area (Å²) in [6, 6.07) is 17.8. The standard InChI is InChI=1S/C15H15NO2S/c1-16-19(18,14-10-6-3-7-11-14)12-15(17)13-8-4-2-5-9-13/h2-11H,12H2,1H3. The van der Waals surface area contributed by atoms with Gasteiger partial charge < -0.3 is 0 Å². The van der Waals surface area contributed by atoms with E-state index in [2.05, 4.69) is 4.36 Å². The molecule has 0 saturated heterocycles. The van der Waals surface area contributed by atoms with Crippen LogP contribution in [0.1, 0.15) is 10.4 Å². The molecule has 1 unspecified atom stereocenters. The highest BCUT2D eigenvalue weighted by atomic mass is 32.2. The minimum atomic E-state index is -2.68. The highest BCUT2D eigenvalue weighted by molar-refractivity contribution is 7.94. The molecule has 0 aromatic heterocycles. The molecule has 0 aliphatic rings. The third-order valence-electron chi connectivity index (χ3n) is 2.83. The van der Waals surface area contributed by atoms with Crippen LogP contribution >= 0.6 is 0 Å². The van der Waals surface area contributed by atoms with Crippen LogP contribution < -0.4 is 0 Å². The Bertz CT molecular complexity index is 672. The number of Topliss-reactive ketones (excluding diaryl/α,β-unsaturated/α-hetero) is 1. The number of ketones is 1. The summed E-state index contributed by atoms with van der Waals surface area (Å²) in [5.41, 5.74) is 0.565.